The number of pyridine rings is 3. The van der Waals surface area contributed by atoms with Crippen molar-refractivity contribution < 1.29 is 9.59 Å². The number of aromatic nitrogens is 5. The molecule has 0 spiro atoms. The number of Topliss-reactive ketones (excluding diaryl/α,β-unsaturated/α-hetero) is 1. The largest absolute Gasteiger partial charge is 0.368 e. The standard InChI is InChI=1S/C31H34N8O3/c1-20-26-17-34-31(36-29(26)39(24-5-3-4-6-24)30(42)28(20)21(2)41)35-27-10-9-25(16-33-27)38-13-11-37(12-14-38)18-23-8-7-22(19-40)15-32-23/h7-10,15-17,19,24H,3-6,11-14,18H2,1-2H3,(H,33,34,35,36). The average molecular weight is 567 g/mol. The molecule has 1 aliphatic heterocycles. The number of fused-ring (bicyclic) bond motifs is 1. The maximum Gasteiger partial charge on any atom is 0.263 e. The summed E-state index contributed by atoms with van der Waals surface area (Å²) >= 11 is 0. The Morgan fingerprint density at radius 3 is 2.43 bits per heavy atom. The molecule has 0 aromatic carbocycles. The number of ketones is 1. The number of nitrogens with zero attached hydrogens (tertiary/aromatic N) is 7. The molecular weight excluding hydrogens is 532 g/mol. The lowest BCUT2D eigenvalue weighted by atomic mass is 10.0. The Morgan fingerprint density at radius 2 is 1.79 bits per heavy atom. The summed E-state index contributed by atoms with van der Waals surface area (Å²) < 4.78 is 1.71. The number of hydrogen-bond acceptors (Lipinski definition) is 10. The quantitative estimate of drug-likeness (QED) is 0.246. The number of nitrogens with one attached hydrogen (secondary N) is 1. The molecule has 0 radical (unpaired) electrons. The van der Waals surface area contributed by atoms with Gasteiger partial charge in [0.15, 0.2) is 12.1 Å². The van der Waals surface area contributed by atoms with E-state index in [-0.39, 0.29) is 22.9 Å². The molecule has 2 aliphatic rings. The van der Waals surface area contributed by atoms with Crippen LogP contribution in [0.15, 0.2) is 47.7 Å². The molecule has 1 aliphatic carbocycles. The first-order chi connectivity index (χ1) is 20.4. The van der Waals surface area contributed by atoms with Crippen LogP contribution in [0.25, 0.3) is 11.0 Å². The third-order valence-corrected chi connectivity index (χ3v) is 8.34. The molecule has 0 unspecified atom stereocenters. The van der Waals surface area contributed by atoms with Crippen molar-refractivity contribution in [3.8, 4) is 0 Å². The molecule has 1 saturated heterocycles. The molecular formula is C31H34N8O3. The van der Waals surface area contributed by atoms with E-state index in [1.165, 1.54) is 6.92 Å². The van der Waals surface area contributed by atoms with Crippen LogP contribution in [0.5, 0.6) is 0 Å². The van der Waals surface area contributed by atoms with E-state index in [1.807, 2.05) is 24.4 Å². The van der Waals surface area contributed by atoms with Gasteiger partial charge < -0.3 is 10.2 Å². The minimum atomic E-state index is -0.265. The molecule has 0 bridgehead atoms. The SMILES string of the molecule is CC(=O)c1c(C)c2cnc(Nc3ccc(N4CCN(Cc5ccc(C=O)cn5)CC4)cn3)nc2n(C2CCCC2)c1=O. The minimum Gasteiger partial charge on any atom is -0.368 e. The summed E-state index contributed by atoms with van der Waals surface area (Å²) in [5.74, 6) is 0.724. The second-order valence-electron chi connectivity index (χ2n) is 11.1. The number of carbonyl (C=O) groups excluding carboxylic acids is 2. The van der Waals surface area contributed by atoms with Gasteiger partial charge >= 0.3 is 0 Å². The number of piperazine rings is 1. The zero-order chi connectivity index (χ0) is 29.2. The van der Waals surface area contributed by atoms with Gasteiger partial charge in [0.05, 0.1) is 23.1 Å². The molecule has 0 atom stereocenters. The van der Waals surface area contributed by atoms with Crippen molar-refractivity contribution in [3.63, 3.8) is 0 Å². The maximum absolute atomic E-state index is 13.5. The fourth-order valence-electron chi connectivity index (χ4n) is 6.06. The van der Waals surface area contributed by atoms with Crippen molar-refractivity contribution in [3.05, 3.63) is 75.6 Å². The van der Waals surface area contributed by atoms with Crippen LogP contribution in [0.2, 0.25) is 0 Å². The van der Waals surface area contributed by atoms with E-state index in [9.17, 15) is 14.4 Å². The Kier molecular flexibility index (Phi) is 7.75. The fraction of sp³-hybridized carbons (Fsp3) is 0.387. The van der Waals surface area contributed by atoms with Crippen LogP contribution in [-0.4, -0.2) is 67.7 Å². The molecule has 4 aromatic rings. The molecule has 1 N–H and O–H groups in total. The first-order valence-electron chi connectivity index (χ1n) is 14.4. The topological polar surface area (TPSA) is 126 Å². The lowest BCUT2D eigenvalue weighted by Gasteiger charge is -2.35. The molecule has 11 heteroatoms. The predicted molar refractivity (Wildman–Crippen MR) is 161 cm³/mol. The molecule has 11 nitrogen and oxygen atoms in total. The average Bonchev–Trinajstić information content (AvgIpc) is 3.53. The highest BCUT2D eigenvalue weighted by Gasteiger charge is 2.26. The second-order valence-corrected chi connectivity index (χ2v) is 11.1. The highest BCUT2D eigenvalue weighted by molar-refractivity contribution is 5.99. The number of rotatable bonds is 8. The van der Waals surface area contributed by atoms with Crippen molar-refractivity contribution >= 4 is 40.6 Å². The summed E-state index contributed by atoms with van der Waals surface area (Å²) in [4.78, 5) is 59.6. The van der Waals surface area contributed by atoms with Gasteiger partial charge in [0.2, 0.25) is 5.95 Å². The molecule has 4 aromatic heterocycles. The highest BCUT2D eigenvalue weighted by atomic mass is 16.1. The molecule has 42 heavy (non-hydrogen) atoms. The summed E-state index contributed by atoms with van der Waals surface area (Å²) in [6, 6.07) is 7.67. The fourth-order valence-corrected chi connectivity index (χ4v) is 6.06. The lowest BCUT2D eigenvalue weighted by molar-refractivity contribution is 0.101. The molecule has 6 rings (SSSR count). The van der Waals surface area contributed by atoms with Crippen LogP contribution in [0.1, 0.15) is 70.6 Å². The summed E-state index contributed by atoms with van der Waals surface area (Å²) in [5, 5.41) is 3.91. The van der Waals surface area contributed by atoms with Crippen molar-refractivity contribution in [1.82, 2.24) is 29.4 Å². The molecule has 0 amide bonds. The van der Waals surface area contributed by atoms with Gasteiger partial charge in [-0.3, -0.25) is 28.8 Å². The Bertz CT molecular complexity index is 1670. The number of aryl methyl sites for hydroxylation is 1. The molecule has 2 fully saturated rings. The van der Waals surface area contributed by atoms with Gasteiger partial charge in [0.1, 0.15) is 11.5 Å². The van der Waals surface area contributed by atoms with Gasteiger partial charge in [0.25, 0.3) is 5.56 Å². The van der Waals surface area contributed by atoms with Crippen molar-refractivity contribution in [2.45, 2.75) is 52.1 Å². The normalized spacial score (nSPS) is 16.2. The Morgan fingerprint density at radius 1 is 1.00 bits per heavy atom. The van der Waals surface area contributed by atoms with Crippen LogP contribution in [-0.2, 0) is 6.54 Å². The van der Waals surface area contributed by atoms with Crippen molar-refractivity contribution in [2.75, 3.05) is 36.4 Å². The van der Waals surface area contributed by atoms with Gasteiger partial charge in [-0.15, -0.1) is 0 Å². The van der Waals surface area contributed by atoms with E-state index in [0.717, 1.165) is 76.1 Å². The van der Waals surface area contributed by atoms with Crippen molar-refractivity contribution in [1.29, 1.82) is 0 Å². The van der Waals surface area contributed by atoms with Gasteiger partial charge in [0, 0.05) is 62.1 Å². The number of aldehydes is 1. The Labute approximate surface area is 243 Å². The van der Waals surface area contributed by atoms with Gasteiger partial charge in [-0.1, -0.05) is 12.8 Å². The van der Waals surface area contributed by atoms with Crippen LogP contribution >= 0.6 is 0 Å². The summed E-state index contributed by atoms with van der Waals surface area (Å²) in [6.07, 6.45) is 9.85. The minimum absolute atomic E-state index is 0.0265. The lowest BCUT2D eigenvalue weighted by Crippen LogP contribution is -2.46. The zero-order valence-corrected chi connectivity index (χ0v) is 23.9. The highest BCUT2D eigenvalue weighted by Crippen LogP contribution is 2.32. The van der Waals surface area contributed by atoms with Crippen molar-refractivity contribution in [2.24, 2.45) is 0 Å². The predicted octanol–water partition coefficient (Wildman–Crippen LogP) is 4.09. The maximum atomic E-state index is 13.5. The van der Waals surface area contributed by atoms with E-state index in [4.69, 9.17) is 4.98 Å². The van der Waals surface area contributed by atoms with E-state index < -0.39 is 0 Å². The van der Waals surface area contributed by atoms with Crippen LogP contribution < -0.4 is 15.8 Å². The van der Waals surface area contributed by atoms with Crippen LogP contribution in [0.4, 0.5) is 17.5 Å². The number of anilines is 3. The van der Waals surface area contributed by atoms with E-state index in [1.54, 1.807) is 30.0 Å². The zero-order valence-electron chi connectivity index (χ0n) is 23.9. The Balaban J connectivity index is 1.15. The monoisotopic (exact) mass is 566 g/mol. The summed E-state index contributed by atoms with van der Waals surface area (Å²) in [5.41, 5.74) is 3.71. The van der Waals surface area contributed by atoms with Crippen LogP contribution in [0, 0.1) is 6.92 Å². The smallest absolute Gasteiger partial charge is 0.263 e. The van der Waals surface area contributed by atoms with Gasteiger partial charge in [-0.25, -0.2) is 9.97 Å². The van der Waals surface area contributed by atoms with Crippen LogP contribution in [0.3, 0.4) is 0 Å². The molecule has 5 heterocycles. The van der Waals surface area contributed by atoms with Gasteiger partial charge in [-0.05, 0) is 56.5 Å². The molecule has 216 valence electrons. The third kappa shape index (κ3) is 5.52. The van der Waals surface area contributed by atoms with E-state index in [0.29, 0.717) is 33.9 Å². The number of hydrogen-bond donors (Lipinski definition) is 1. The van der Waals surface area contributed by atoms with E-state index in [2.05, 4.69) is 30.1 Å². The second kappa shape index (κ2) is 11.8. The third-order valence-electron chi connectivity index (χ3n) is 8.34. The Hall–Kier alpha value is -4.51. The van der Waals surface area contributed by atoms with E-state index >= 15 is 0 Å². The molecule has 1 saturated carbocycles. The summed E-state index contributed by atoms with van der Waals surface area (Å²) in [7, 11) is 0. The first-order valence-corrected chi connectivity index (χ1v) is 14.4. The summed E-state index contributed by atoms with van der Waals surface area (Å²) in [6.45, 7) is 7.52. The first kappa shape index (κ1) is 27.6. The number of carbonyl (C=O) groups is 2. The van der Waals surface area contributed by atoms with Gasteiger partial charge in [-0.2, -0.15) is 4.98 Å².